The quantitative estimate of drug-likeness (QED) is 0.152. The van der Waals surface area contributed by atoms with E-state index in [-0.39, 0.29) is 0 Å². The van der Waals surface area contributed by atoms with Crippen LogP contribution in [0.3, 0.4) is 0 Å². The summed E-state index contributed by atoms with van der Waals surface area (Å²) in [5.74, 6) is 0. The molecule has 11 aromatic rings. The van der Waals surface area contributed by atoms with Crippen LogP contribution in [0, 0.1) is 0 Å². The van der Waals surface area contributed by atoms with Crippen LogP contribution in [0.4, 0.5) is 17.1 Å². The third kappa shape index (κ3) is 5.95. The van der Waals surface area contributed by atoms with E-state index in [1.165, 1.54) is 66.8 Å². The molecule has 0 bridgehead atoms. The van der Waals surface area contributed by atoms with Gasteiger partial charge in [0.2, 0.25) is 0 Å². The number of rotatable bonds is 8. The highest BCUT2D eigenvalue weighted by molar-refractivity contribution is 6.19. The summed E-state index contributed by atoms with van der Waals surface area (Å²) in [6, 6.07) is 90.2. The topological polar surface area (TPSA) is 16.4 Å². The lowest BCUT2D eigenvalue weighted by molar-refractivity contribution is 0.666. The van der Waals surface area contributed by atoms with Crippen molar-refractivity contribution in [3.63, 3.8) is 0 Å². The van der Waals surface area contributed by atoms with E-state index < -0.39 is 5.41 Å². The van der Waals surface area contributed by atoms with Gasteiger partial charge in [-0.05, 0) is 104 Å². The molecule has 1 aliphatic carbocycles. The summed E-state index contributed by atoms with van der Waals surface area (Å²) >= 11 is 0. The molecular weight excluding hydrogens is 763 g/mol. The first-order valence-electron chi connectivity index (χ1n) is 21.7. The number of nitrogens with zero attached hydrogens (tertiary/aromatic N) is 1. The van der Waals surface area contributed by atoms with Crippen LogP contribution in [-0.4, -0.2) is 0 Å². The van der Waals surface area contributed by atoms with Gasteiger partial charge in [0.1, 0.15) is 11.2 Å². The Balaban J connectivity index is 1.23. The summed E-state index contributed by atoms with van der Waals surface area (Å²) in [4.78, 5) is 2.48. The highest BCUT2D eigenvalue weighted by Gasteiger charge is 2.48. The highest BCUT2D eigenvalue weighted by atomic mass is 16.3. The van der Waals surface area contributed by atoms with Gasteiger partial charge in [0.25, 0.3) is 0 Å². The predicted octanol–water partition coefficient (Wildman–Crippen LogP) is 16.4. The van der Waals surface area contributed by atoms with E-state index >= 15 is 0 Å². The van der Waals surface area contributed by atoms with Gasteiger partial charge < -0.3 is 9.32 Å². The van der Waals surface area contributed by atoms with Crippen molar-refractivity contribution < 1.29 is 4.42 Å². The van der Waals surface area contributed by atoms with Gasteiger partial charge in [-0.15, -0.1) is 0 Å². The van der Waals surface area contributed by atoms with Crippen molar-refractivity contribution in [1.82, 2.24) is 0 Å². The molecule has 0 saturated carbocycles. The van der Waals surface area contributed by atoms with Crippen molar-refractivity contribution in [2.24, 2.45) is 0 Å². The Labute approximate surface area is 367 Å². The first-order valence-corrected chi connectivity index (χ1v) is 21.7. The fourth-order valence-electron chi connectivity index (χ4n) is 10.1. The molecule has 10 aromatic carbocycles. The largest absolute Gasteiger partial charge is 0.456 e. The Morgan fingerprint density at radius 1 is 0.333 bits per heavy atom. The van der Waals surface area contributed by atoms with Crippen LogP contribution in [0.2, 0.25) is 0 Å². The Hall–Kier alpha value is -8.20. The van der Waals surface area contributed by atoms with E-state index in [2.05, 4.69) is 254 Å². The number of hydrogen-bond donors (Lipinski definition) is 0. The molecular formula is C61H41NO. The average Bonchev–Trinajstić information content (AvgIpc) is 3.89. The van der Waals surface area contributed by atoms with Crippen molar-refractivity contribution in [1.29, 1.82) is 0 Å². The summed E-state index contributed by atoms with van der Waals surface area (Å²) in [7, 11) is 0. The van der Waals surface area contributed by atoms with Crippen LogP contribution in [0.5, 0.6) is 0 Å². The molecule has 63 heavy (non-hydrogen) atoms. The number of fused-ring (bicyclic) bond motifs is 6. The summed E-state index contributed by atoms with van der Waals surface area (Å²) < 4.78 is 7.02. The molecule has 1 aliphatic rings. The Morgan fingerprint density at radius 2 is 0.762 bits per heavy atom. The van der Waals surface area contributed by atoms with Crippen molar-refractivity contribution >= 4 is 39.0 Å². The molecule has 0 amide bonds. The molecule has 2 nitrogen and oxygen atoms in total. The zero-order valence-electron chi connectivity index (χ0n) is 34.5. The molecule has 0 spiro atoms. The Kier molecular flexibility index (Phi) is 8.76. The number of benzene rings is 10. The molecule has 2 heteroatoms. The number of hydrogen-bond acceptors (Lipinski definition) is 2. The lowest BCUT2D eigenvalue weighted by Gasteiger charge is -2.34. The zero-order valence-corrected chi connectivity index (χ0v) is 34.5. The smallest absolute Gasteiger partial charge is 0.137 e. The Bertz CT molecular complexity index is 3270. The van der Waals surface area contributed by atoms with Crippen LogP contribution >= 0.6 is 0 Å². The molecule has 0 N–H and O–H groups in total. The second-order valence-electron chi connectivity index (χ2n) is 16.4. The third-order valence-corrected chi connectivity index (χ3v) is 12.9. The van der Waals surface area contributed by atoms with Gasteiger partial charge in [-0.1, -0.05) is 206 Å². The number of anilines is 3. The molecule has 0 fully saturated rings. The van der Waals surface area contributed by atoms with Gasteiger partial charge in [-0.2, -0.15) is 0 Å². The monoisotopic (exact) mass is 803 g/mol. The van der Waals surface area contributed by atoms with Gasteiger partial charge in [-0.25, -0.2) is 0 Å². The normalized spacial score (nSPS) is 12.6. The minimum absolute atomic E-state index is 0.662. The predicted molar refractivity (Wildman–Crippen MR) is 262 cm³/mol. The minimum Gasteiger partial charge on any atom is -0.456 e. The van der Waals surface area contributed by atoms with Crippen molar-refractivity contribution in [3.05, 3.63) is 271 Å². The fraction of sp³-hybridized carbons (Fsp3) is 0.0164. The minimum atomic E-state index is -0.662. The summed E-state index contributed by atoms with van der Waals surface area (Å²) in [6.45, 7) is 0. The maximum absolute atomic E-state index is 7.02. The van der Waals surface area contributed by atoms with Crippen molar-refractivity contribution in [2.75, 3.05) is 4.90 Å². The van der Waals surface area contributed by atoms with E-state index in [0.29, 0.717) is 0 Å². The second kappa shape index (κ2) is 15.1. The van der Waals surface area contributed by atoms with Gasteiger partial charge in [0, 0.05) is 22.3 Å². The van der Waals surface area contributed by atoms with Crippen molar-refractivity contribution in [2.45, 2.75) is 5.41 Å². The standard InChI is InChI=1S/C61H41NO/c1-6-18-42(19-7-1)45-30-35-50(36-31-45)62(51-37-32-46(33-38-51)43-20-8-2-9-21-43)60-58-53-40-47(44-22-10-3-11-23-44)34-39-54(53)61(48-24-12-4-13-25-48,49-26-14-5-15-27-49)55(58)41-57-59(60)52-28-16-17-29-56(52)63-57/h1-41H. The molecule has 1 aromatic heterocycles. The molecule has 0 unspecified atom stereocenters. The summed E-state index contributed by atoms with van der Waals surface area (Å²) in [5, 5.41) is 2.16. The van der Waals surface area contributed by atoms with Crippen molar-refractivity contribution in [3.8, 4) is 44.5 Å². The number of para-hydroxylation sites is 1. The maximum Gasteiger partial charge on any atom is 0.137 e. The molecule has 1 heterocycles. The molecule has 0 aliphatic heterocycles. The zero-order chi connectivity index (χ0) is 41.7. The third-order valence-electron chi connectivity index (χ3n) is 12.9. The molecule has 12 rings (SSSR count). The highest BCUT2D eigenvalue weighted by Crippen LogP contribution is 2.62. The lowest BCUT2D eigenvalue weighted by Crippen LogP contribution is -2.28. The second-order valence-corrected chi connectivity index (χ2v) is 16.4. The Morgan fingerprint density at radius 3 is 1.29 bits per heavy atom. The first kappa shape index (κ1) is 36.6. The van der Waals surface area contributed by atoms with E-state index in [0.717, 1.165) is 39.0 Å². The van der Waals surface area contributed by atoms with Crippen LogP contribution in [0.1, 0.15) is 22.3 Å². The molecule has 0 atom stereocenters. The van der Waals surface area contributed by atoms with Crippen LogP contribution < -0.4 is 4.90 Å². The lowest BCUT2D eigenvalue weighted by atomic mass is 9.67. The first-order chi connectivity index (χ1) is 31.3. The van der Waals surface area contributed by atoms with Gasteiger partial charge in [-0.3, -0.25) is 0 Å². The fourth-order valence-corrected chi connectivity index (χ4v) is 10.1. The molecule has 0 saturated heterocycles. The van der Waals surface area contributed by atoms with E-state index in [9.17, 15) is 0 Å². The van der Waals surface area contributed by atoms with Gasteiger partial charge >= 0.3 is 0 Å². The maximum atomic E-state index is 7.02. The SMILES string of the molecule is c1ccc(-c2ccc(N(c3ccc(-c4ccccc4)cc3)c3c4c(cc5oc6ccccc6c35)C(c3ccccc3)(c3ccccc3)c3ccc(-c5ccccc5)cc3-4)cc2)cc1. The van der Waals surface area contributed by atoms with Crippen LogP contribution in [0.25, 0.3) is 66.4 Å². The molecule has 0 radical (unpaired) electrons. The van der Waals surface area contributed by atoms with E-state index in [4.69, 9.17) is 4.42 Å². The van der Waals surface area contributed by atoms with E-state index in [1.807, 2.05) is 0 Å². The van der Waals surface area contributed by atoms with E-state index in [1.54, 1.807) is 0 Å². The number of furan rings is 1. The van der Waals surface area contributed by atoms with Gasteiger partial charge in [0.05, 0.1) is 16.5 Å². The van der Waals surface area contributed by atoms with Crippen LogP contribution in [0.15, 0.2) is 253 Å². The summed E-state index contributed by atoms with van der Waals surface area (Å²) in [6.07, 6.45) is 0. The van der Waals surface area contributed by atoms with Gasteiger partial charge in [0.15, 0.2) is 0 Å². The average molecular weight is 804 g/mol. The summed E-state index contributed by atoms with van der Waals surface area (Å²) in [5.41, 5.74) is 18.5. The van der Waals surface area contributed by atoms with Crippen LogP contribution in [-0.2, 0) is 5.41 Å². The molecule has 296 valence electrons.